The van der Waals surface area contributed by atoms with Crippen molar-refractivity contribution >= 4 is 5.91 Å². The molecule has 1 fully saturated rings. The van der Waals surface area contributed by atoms with Crippen LogP contribution in [0.4, 0.5) is 0 Å². The lowest BCUT2D eigenvalue weighted by Crippen LogP contribution is -2.60. The van der Waals surface area contributed by atoms with E-state index in [0.29, 0.717) is 12.8 Å². The minimum atomic E-state index is -1.55. The van der Waals surface area contributed by atoms with Crippen molar-refractivity contribution in [3.05, 3.63) is 12.2 Å². The maximum atomic E-state index is 13.1. The van der Waals surface area contributed by atoms with Gasteiger partial charge in [0.2, 0.25) is 5.91 Å². The predicted octanol–water partition coefficient (Wildman–Crippen LogP) is 15.2. The summed E-state index contributed by atoms with van der Waals surface area (Å²) >= 11 is 0. The van der Waals surface area contributed by atoms with E-state index in [-0.39, 0.29) is 12.5 Å². The summed E-state index contributed by atoms with van der Waals surface area (Å²) in [7, 11) is 0. The van der Waals surface area contributed by atoms with E-state index in [1.807, 2.05) is 0 Å². The van der Waals surface area contributed by atoms with Crippen molar-refractivity contribution in [2.24, 2.45) is 0 Å². The summed E-state index contributed by atoms with van der Waals surface area (Å²) in [6, 6.07) is -0.715. The monoisotopic (exact) mass is 980 g/mol. The van der Waals surface area contributed by atoms with E-state index in [2.05, 4.69) is 31.3 Å². The molecule has 7 atom stereocenters. The Morgan fingerprint density at radius 3 is 1.17 bits per heavy atom. The molecule has 1 saturated heterocycles. The van der Waals surface area contributed by atoms with Gasteiger partial charge in [0.05, 0.1) is 25.4 Å². The summed E-state index contributed by atoms with van der Waals surface area (Å²) in [6.07, 6.45) is 55.4. The maximum absolute atomic E-state index is 13.1. The molecule has 0 aromatic carbocycles. The lowest BCUT2D eigenvalue weighted by Gasteiger charge is -2.40. The molecule has 1 aliphatic heterocycles. The van der Waals surface area contributed by atoms with Gasteiger partial charge in [0.25, 0.3) is 0 Å². The number of aliphatic hydroxyl groups excluding tert-OH is 5. The van der Waals surface area contributed by atoms with E-state index in [4.69, 9.17) is 9.47 Å². The third kappa shape index (κ3) is 40.1. The van der Waals surface area contributed by atoms with E-state index < -0.39 is 49.5 Å². The number of hydrogen-bond acceptors (Lipinski definition) is 8. The second-order valence-corrected chi connectivity index (χ2v) is 21.5. The molecule has 410 valence electrons. The number of hydrogen-bond donors (Lipinski definition) is 6. The summed E-state index contributed by atoms with van der Waals surface area (Å²) in [5.41, 5.74) is 0. The molecular formula is C60H117NO8. The summed E-state index contributed by atoms with van der Waals surface area (Å²) in [4.78, 5) is 13.1. The van der Waals surface area contributed by atoms with Crippen LogP contribution in [-0.2, 0) is 14.3 Å². The second-order valence-electron chi connectivity index (χ2n) is 21.5. The number of amides is 1. The summed E-state index contributed by atoms with van der Waals surface area (Å²) < 4.78 is 11.3. The quantitative estimate of drug-likeness (QED) is 0.0261. The average molecular weight is 981 g/mol. The minimum Gasteiger partial charge on any atom is -0.394 e. The van der Waals surface area contributed by atoms with Crippen LogP contribution in [0.3, 0.4) is 0 Å². The SMILES string of the molecule is CCCCCCCCCCCCCC/C=C\CCCCCCCCCCCCCCCCCC(=O)NC(COC1OC(CO)C(O)C(O)C1O)C(O)CCCCCCCCCCCCCCCCC. The zero-order valence-electron chi connectivity index (χ0n) is 45.6. The molecule has 0 saturated carbocycles. The van der Waals surface area contributed by atoms with Crippen LogP contribution in [0.5, 0.6) is 0 Å². The van der Waals surface area contributed by atoms with Crippen molar-refractivity contribution in [1.82, 2.24) is 5.32 Å². The van der Waals surface area contributed by atoms with E-state index >= 15 is 0 Å². The summed E-state index contributed by atoms with van der Waals surface area (Å²) in [6.45, 7) is 3.88. The molecule has 1 aliphatic rings. The lowest BCUT2D eigenvalue weighted by molar-refractivity contribution is -0.302. The van der Waals surface area contributed by atoms with Crippen molar-refractivity contribution in [3.8, 4) is 0 Å². The maximum Gasteiger partial charge on any atom is 0.220 e. The Bertz CT molecular complexity index is 1090. The van der Waals surface area contributed by atoms with Crippen LogP contribution in [0.15, 0.2) is 12.2 Å². The second kappa shape index (κ2) is 50.5. The smallest absolute Gasteiger partial charge is 0.220 e. The van der Waals surface area contributed by atoms with Gasteiger partial charge in [-0.15, -0.1) is 0 Å². The normalized spacial score (nSPS) is 19.4. The largest absolute Gasteiger partial charge is 0.394 e. The molecule has 7 unspecified atom stereocenters. The van der Waals surface area contributed by atoms with Crippen LogP contribution in [0.1, 0.15) is 309 Å². The molecule has 0 aromatic heterocycles. The van der Waals surface area contributed by atoms with Gasteiger partial charge in [-0.05, 0) is 38.5 Å². The molecule has 0 bridgehead atoms. The first kappa shape index (κ1) is 65.9. The molecule has 0 spiro atoms. The third-order valence-corrected chi connectivity index (χ3v) is 14.9. The summed E-state index contributed by atoms with van der Waals surface area (Å²) in [5, 5.41) is 54.7. The molecular weight excluding hydrogens is 863 g/mol. The van der Waals surface area contributed by atoms with Crippen LogP contribution < -0.4 is 5.32 Å². The topological polar surface area (TPSA) is 149 Å². The Morgan fingerprint density at radius 2 is 0.812 bits per heavy atom. The fourth-order valence-electron chi connectivity index (χ4n) is 10.0. The van der Waals surface area contributed by atoms with Gasteiger partial charge in [-0.2, -0.15) is 0 Å². The van der Waals surface area contributed by atoms with Gasteiger partial charge in [-0.1, -0.05) is 276 Å². The number of aliphatic hydroxyl groups is 5. The highest BCUT2D eigenvalue weighted by atomic mass is 16.7. The molecule has 6 N–H and O–H groups in total. The fourth-order valence-corrected chi connectivity index (χ4v) is 10.0. The van der Waals surface area contributed by atoms with Gasteiger partial charge in [-0.3, -0.25) is 4.79 Å². The minimum absolute atomic E-state index is 0.133. The first-order chi connectivity index (χ1) is 33.8. The van der Waals surface area contributed by atoms with E-state index in [9.17, 15) is 30.3 Å². The molecule has 1 heterocycles. The van der Waals surface area contributed by atoms with Crippen LogP contribution in [0.2, 0.25) is 0 Å². The number of carbonyl (C=O) groups is 1. The predicted molar refractivity (Wildman–Crippen MR) is 291 cm³/mol. The molecule has 0 aliphatic carbocycles. The number of carbonyl (C=O) groups excluding carboxylic acids is 1. The molecule has 0 radical (unpaired) electrons. The standard InChI is InChI=1S/C60H117NO8/c1-3-5-7-9-11-13-15-17-19-20-21-22-23-24-25-26-27-28-29-30-31-32-33-34-36-38-40-42-44-46-48-50-56(64)61-53(52-68-60-59(67)58(66)57(65)55(51-62)69-60)54(63)49-47-45-43-41-39-37-35-18-16-14-12-10-8-6-4-2/h24-25,53-55,57-60,62-63,65-67H,3-23,26-52H2,1-2H3,(H,61,64)/b25-24-. The third-order valence-electron chi connectivity index (χ3n) is 14.9. The lowest BCUT2D eigenvalue weighted by atomic mass is 9.99. The zero-order chi connectivity index (χ0) is 50.1. The van der Waals surface area contributed by atoms with Crippen molar-refractivity contribution in [2.75, 3.05) is 13.2 Å². The van der Waals surface area contributed by atoms with Gasteiger partial charge in [-0.25, -0.2) is 0 Å². The highest BCUT2D eigenvalue weighted by Gasteiger charge is 2.44. The molecule has 69 heavy (non-hydrogen) atoms. The highest BCUT2D eigenvalue weighted by Crippen LogP contribution is 2.23. The number of rotatable bonds is 53. The average Bonchev–Trinajstić information content (AvgIpc) is 3.35. The van der Waals surface area contributed by atoms with Crippen LogP contribution in [-0.4, -0.2) is 87.5 Å². The molecule has 9 nitrogen and oxygen atoms in total. The van der Waals surface area contributed by atoms with Crippen molar-refractivity contribution in [3.63, 3.8) is 0 Å². The Balaban J connectivity index is 2.11. The molecule has 1 rings (SSSR count). The Morgan fingerprint density at radius 1 is 0.478 bits per heavy atom. The number of nitrogens with one attached hydrogen (secondary N) is 1. The number of allylic oxidation sites excluding steroid dienone is 2. The fraction of sp³-hybridized carbons (Fsp3) is 0.950. The van der Waals surface area contributed by atoms with Crippen LogP contribution >= 0.6 is 0 Å². The Hall–Kier alpha value is -1.07. The molecule has 9 heteroatoms. The van der Waals surface area contributed by atoms with Crippen LogP contribution in [0.25, 0.3) is 0 Å². The van der Waals surface area contributed by atoms with E-state index in [0.717, 1.165) is 38.5 Å². The summed E-state index contributed by atoms with van der Waals surface area (Å²) in [5.74, 6) is -0.138. The van der Waals surface area contributed by atoms with Crippen molar-refractivity contribution in [1.29, 1.82) is 0 Å². The molecule has 1 amide bonds. The highest BCUT2D eigenvalue weighted by molar-refractivity contribution is 5.76. The van der Waals surface area contributed by atoms with Gasteiger partial charge in [0.15, 0.2) is 6.29 Å². The zero-order valence-corrected chi connectivity index (χ0v) is 45.6. The van der Waals surface area contributed by atoms with Gasteiger partial charge in [0, 0.05) is 6.42 Å². The van der Waals surface area contributed by atoms with Crippen molar-refractivity contribution < 1.29 is 39.8 Å². The van der Waals surface area contributed by atoms with E-state index in [1.165, 1.54) is 244 Å². The van der Waals surface area contributed by atoms with Crippen molar-refractivity contribution in [2.45, 2.75) is 352 Å². The number of unbranched alkanes of at least 4 members (excludes halogenated alkanes) is 41. The number of ether oxygens (including phenoxy) is 2. The Kier molecular flexibility index (Phi) is 48.2. The first-order valence-corrected chi connectivity index (χ1v) is 30.4. The first-order valence-electron chi connectivity index (χ1n) is 30.4. The molecule has 0 aromatic rings. The van der Waals surface area contributed by atoms with Gasteiger partial charge < -0.3 is 40.3 Å². The van der Waals surface area contributed by atoms with Gasteiger partial charge in [0.1, 0.15) is 24.4 Å². The Labute approximate surface area is 426 Å². The van der Waals surface area contributed by atoms with Crippen LogP contribution in [0, 0.1) is 0 Å². The van der Waals surface area contributed by atoms with E-state index in [1.54, 1.807) is 0 Å². The van der Waals surface area contributed by atoms with Gasteiger partial charge >= 0.3 is 0 Å².